The Morgan fingerprint density at radius 3 is 2.10 bits per heavy atom. The minimum Gasteiger partial charge on any atom is -0.481 e. The minimum absolute atomic E-state index is 0.310. The van der Waals surface area contributed by atoms with Crippen LogP contribution in [0.5, 0.6) is 0 Å². The van der Waals surface area contributed by atoms with E-state index >= 15 is 0 Å². The number of aliphatic carboxylic acids is 2. The number of hydrogen-bond donors (Lipinski definition) is 4. The van der Waals surface area contributed by atoms with Crippen molar-refractivity contribution >= 4 is 17.8 Å². The second-order valence-corrected chi connectivity index (χ2v) is 4.27. The van der Waals surface area contributed by atoms with Crippen LogP contribution < -0.4 is 11.1 Å². The summed E-state index contributed by atoms with van der Waals surface area (Å²) in [6, 6.07) is 6.58. The zero-order valence-corrected chi connectivity index (χ0v) is 10.7. The van der Waals surface area contributed by atoms with Gasteiger partial charge in [-0.25, -0.2) is 0 Å². The van der Waals surface area contributed by atoms with Gasteiger partial charge in [0.05, 0.1) is 24.9 Å². The SMILES string of the molecule is NC(CC(=O)O)C(=O)NC(CC(=O)O)c1ccccc1. The third-order valence-electron chi connectivity index (χ3n) is 2.63. The molecule has 1 rings (SSSR count). The molecule has 0 spiro atoms. The number of carboxylic acid groups (broad SMARTS) is 2. The van der Waals surface area contributed by atoms with Crippen molar-refractivity contribution in [3.63, 3.8) is 0 Å². The number of amides is 1. The first-order chi connectivity index (χ1) is 9.40. The molecular weight excluding hydrogens is 264 g/mol. The second-order valence-electron chi connectivity index (χ2n) is 4.27. The zero-order valence-electron chi connectivity index (χ0n) is 10.7. The highest BCUT2D eigenvalue weighted by Crippen LogP contribution is 2.16. The molecule has 0 aliphatic heterocycles. The third-order valence-corrected chi connectivity index (χ3v) is 2.63. The molecule has 0 aliphatic carbocycles. The first-order valence-corrected chi connectivity index (χ1v) is 5.94. The second kappa shape index (κ2) is 7.25. The average Bonchev–Trinajstić information content (AvgIpc) is 2.37. The van der Waals surface area contributed by atoms with Gasteiger partial charge in [0.15, 0.2) is 0 Å². The monoisotopic (exact) mass is 280 g/mol. The largest absolute Gasteiger partial charge is 0.481 e. The van der Waals surface area contributed by atoms with Crippen LogP contribution in [0, 0.1) is 0 Å². The molecule has 20 heavy (non-hydrogen) atoms. The van der Waals surface area contributed by atoms with Crippen molar-refractivity contribution in [1.29, 1.82) is 0 Å². The van der Waals surface area contributed by atoms with Crippen molar-refractivity contribution in [3.05, 3.63) is 35.9 Å². The van der Waals surface area contributed by atoms with E-state index in [1.165, 1.54) is 0 Å². The Balaban J connectivity index is 2.78. The number of carboxylic acids is 2. The first kappa shape index (κ1) is 15.6. The molecule has 1 amide bonds. The summed E-state index contributed by atoms with van der Waals surface area (Å²) in [5.41, 5.74) is 6.05. The third kappa shape index (κ3) is 5.07. The van der Waals surface area contributed by atoms with Gasteiger partial charge in [-0.3, -0.25) is 14.4 Å². The highest BCUT2D eigenvalue weighted by molar-refractivity contribution is 5.86. The van der Waals surface area contributed by atoms with Gasteiger partial charge >= 0.3 is 11.9 Å². The van der Waals surface area contributed by atoms with E-state index in [2.05, 4.69) is 5.32 Å². The molecule has 0 bridgehead atoms. The van der Waals surface area contributed by atoms with E-state index in [9.17, 15) is 14.4 Å². The van der Waals surface area contributed by atoms with E-state index < -0.39 is 36.4 Å². The number of rotatable bonds is 7. The average molecular weight is 280 g/mol. The molecule has 0 saturated heterocycles. The molecule has 7 nitrogen and oxygen atoms in total. The smallest absolute Gasteiger partial charge is 0.305 e. The molecule has 0 aliphatic rings. The lowest BCUT2D eigenvalue weighted by Crippen LogP contribution is -2.43. The summed E-state index contributed by atoms with van der Waals surface area (Å²) >= 11 is 0. The highest BCUT2D eigenvalue weighted by Gasteiger charge is 2.22. The van der Waals surface area contributed by atoms with Gasteiger partial charge in [-0.2, -0.15) is 0 Å². The summed E-state index contributed by atoms with van der Waals surface area (Å²) in [7, 11) is 0. The van der Waals surface area contributed by atoms with E-state index in [0.717, 1.165) is 0 Å². The van der Waals surface area contributed by atoms with Crippen molar-refractivity contribution in [2.24, 2.45) is 5.73 Å². The number of hydrogen-bond acceptors (Lipinski definition) is 4. The Morgan fingerprint density at radius 2 is 1.60 bits per heavy atom. The van der Waals surface area contributed by atoms with Crippen LogP contribution in [0.2, 0.25) is 0 Å². The van der Waals surface area contributed by atoms with Crippen LogP contribution in [0.1, 0.15) is 24.4 Å². The maximum absolute atomic E-state index is 11.8. The maximum Gasteiger partial charge on any atom is 0.305 e. The van der Waals surface area contributed by atoms with E-state index in [1.54, 1.807) is 30.3 Å². The van der Waals surface area contributed by atoms with Gasteiger partial charge in [0.1, 0.15) is 0 Å². The van der Waals surface area contributed by atoms with Crippen LogP contribution in [0.3, 0.4) is 0 Å². The standard InChI is InChI=1S/C13H16N2O5/c14-9(6-11(16)17)13(20)15-10(7-12(18)19)8-4-2-1-3-5-8/h1-5,9-10H,6-7,14H2,(H,15,20)(H,16,17)(H,18,19). The molecule has 7 heteroatoms. The molecule has 0 radical (unpaired) electrons. The molecule has 0 aromatic heterocycles. The molecule has 2 atom stereocenters. The van der Waals surface area contributed by atoms with Crippen LogP contribution in [-0.4, -0.2) is 34.1 Å². The highest BCUT2D eigenvalue weighted by atomic mass is 16.4. The number of carbonyl (C=O) groups excluding carboxylic acids is 1. The summed E-state index contributed by atoms with van der Waals surface area (Å²) < 4.78 is 0. The zero-order chi connectivity index (χ0) is 15.1. The number of carbonyl (C=O) groups is 3. The number of nitrogens with one attached hydrogen (secondary N) is 1. The first-order valence-electron chi connectivity index (χ1n) is 5.94. The molecule has 2 unspecified atom stereocenters. The van der Waals surface area contributed by atoms with Gasteiger partial charge in [-0.1, -0.05) is 30.3 Å². The summed E-state index contributed by atoms with van der Waals surface area (Å²) in [6.45, 7) is 0. The molecule has 108 valence electrons. The fraction of sp³-hybridized carbons (Fsp3) is 0.308. The van der Waals surface area contributed by atoms with Gasteiger partial charge in [-0.05, 0) is 5.56 Å². The van der Waals surface area contributed by atoms with E-state index in [0.29, 0.717) is 5.56 Å². The van der Waals surface area contributed by atoms with Crippen molar-refractivity contribution < 1.29 is 24.6 Å². The Kier molecular flexibility index (Phi) is 5.67. The summed E-state index contributed by atoms with van der Waals surface area (Å²) in [5, 5.41) is 19.9. The van der Waals surface area contributed by atoms with Gasteiger partial charge in [0.25, 0.3) is 0 Å². The van der Waals surface area contributed by atoms with E-state index in [4.69, 9.17) is 15.9 Å². The molecule has 5 N–H and O–H groups in total. The molecule has 0 fully saturated rings. The predicted molar refractivity (Wildman–Crippen MR) is 69.8 cm³/mol. The molecule has 1 aromatic carbocycles. The van der Waals surface area contributed by atoms with Gasteiger partial charge < -0.3 is 21.3 Å². The Hall–Kier alpha value is -2.41. The fourth-order valence-corrected chi connectivity index (χ4v) is 1.67. The summed E-state index contributed by atoms with van der Waals surface area (Å²) in [4.78, 5) is 33.1. The van der Waals surface area contributed by atoms with Crippen molar-refractivity contribution in [1.82, 2.24) is 5.32 Å². The molecule has 1 aromatic rings. The lowest BCUT2D eigenvalue weighted by atomic mass is 10.0. The maximum atomic E-state index is 11.8. The van der Waals surface area contributed by atoms with Crippen molar-refractivity contribution in [2.45, 2.75) is 24.9 Å². The van der Waals surface area contributed by atoms with Gasteiger partial charge in [-0.15, -0.1) is 0 Å². The van der Waals surface area contributed by atoms with E-state index in [-0.39, 0.29) is 6.42 Å². The van der Waals surface area contributed by atoms with Crippen LogP contribution in [0.15, 0.2) is 30.3 Å². The van der Waals surface area contributed by atoms with Crippen molar-refractivity contribution in [2.75, 3.05) is 0 Å². The summed E-state index contributed by atoms with van der Waals surface area (Å²) in [6.07, 6.45) is -0.823. The van der Waals surface area contributed by atoms with Gasteiger partial charge in [0.2, 0.25) is 5.91 Å². The summed E-state index contributed by atoms with van der Waals surface area (Å²) in [5.74, 6) is -2.96. The lowest BCUT2D eigenvalue weighted by molar-refractivity contribution is -0.140. The Bertz CT molecular complexity index is 489. The fourth-order valence-electron chi connectivity index (χ4n) is 1.67. The lowest BCUT2D eigenvalue weighted by Gasteiger charge is -2.19. The molecular formula is C13H16N2O5. The van der Waals surface area contributed by atoms with Crippen molar-refractivity contribution in [3.8, 4) is 0 Å². The number of nitrogens with two attached hydrogens (primary N) is 1. The van der Waals surface area contributed by atoms with Gasteiger partial charge in [0, 0.05) is 0 Å². The molecule has 0 heterocycles. The van der Waals surface area contributed by atoms with Crippen LogP contribution >= 0.6 is 0 Å². The Morgan fingerprint density at radius 1 is 1.05 bits per heavy atom. The molecule has 0 saturated carbocycles. The number of benzene rings is 1. The normalized spacial score (nSPS) is 13.2. The predicted octanol–water partition coefficient (Wildman–Crippen LogP) is 0.121. The van der Waals surface area contributed by atoms with Crippen LogP contribution in [0.4, 0.5) is 0 Å². The topological polar surface area (TPSA) is 130 Å². The Labute approximate surface area is 115 Å². The minimum atomic E-state index is -1.22. The quantitative estimate of drug-likeness (QED) is 0.561. The van der Waals surface area contributed by atoms with Crippen LogP contribution in [-0.2, 0) is 14.4 Å². The van der Waals surface area contributed by atoms with Crippen LogP contribution in [0.25, 0.3) is 0 Å². The van der Waals surface area contributed by atoms with E-state index in [1.807, 2.05) is 0 Å².